The van der Waals surface area contributed by atoms with Crippen LogP contribution in [0.5, 0.6) is 11.5 Å². The molecule has 0 spiro atoms. The van der Waals surface area contributed by atoms with Crippen molar-refractivity contribution >= 4 is 22.6 Å². The van der Waals surface area contributed by atoms with Gasteiger partial charge in [0.1, 0.15) is 11.5 Å². The van der Waals surface area contributed by atoms with Crippen LogP contribution in [0.25, 0.3) is 0 Å². The van der Waals surface area contributed by atoms with Crippen LogP contribution in [0, 0.1) is 10.5 Å². The monoisotopic (exact) mass is 310 g/mol. The molecule has 2 rings (SSSR count). The lowest BCUT2D eigenvalue weighted by atomic mass is 10.2. The first-order valence-corrected chi connectivity index (χ1v) is 5.82. The number of rotatable bonds is 2. The summed E-state index contributed by atoms with van der Waals surface area (Å²) >= 11 is 2.28. The van der Waals surface area contributed by atoms with Gasteiger partial charge >= 0.3 is 0 Å². The maximum atomic E-state index is 5.76. The van der Waals surface area contributed by atoms with E-state index in [-0.39, 0.29) is 0 Å². The molecule has 0 amide bonds. The van der Waals surface area contributed by atoms with Crippen LogP contribution in [0.2, 0.25) is 0 Å². The number of hydrogen-bond donors (Lipinski definition) is 0. The van der Waals surface area contributed by atoms with Crippen LogP contribution in [0.3, 0.4) is 0 Å². The van der Waals surface area contributed by atoms with Crippen LogP contribution < -0.4 is 4.74 Å². The van der Waals surface area contributed by atoms with Gasteiger partial charge in [-0.05, 0) is 65.4 Å². The highest BCUT2D eigenvalue weighted by Crippen LogP contribution is 2.24. The van der Waals surface area contributed by atoms with Crippen molar-refractivity contribution in [2.75, 3.05) is 0 Å². The van der Waals surface area contributed by atoms with Crippen molar-refractivity contribution in [2.45, 2.75) is 6.92 Å². The second-order valence-electron chi connectivity index (χ2n) is 3.32. The summed E-state index contributed by atoms with van der Waals surface area (Å²) in [7, 11) is 0. The lowest BCUT2D eigenvalue weighted by Gasteiger charge is -2.07. The van der Waals surface area contributed by atoms with E-state index in [9.17, 15) is 0 Å². The average molecular weight is 310 g/mol. The van der Waals surface area contributed by atoms with E-state index in [0.29, 0.717) is 0 Å². The molecule has 0 aromatic heterocycles. The van der Waals surface area contributed by atoms with Crippen molar-refractivity contribution in [3.8, 4) is 11.5 Å². The van der Waals surface area contributed by atoms with E-state index in [1.807, 2.05) is 55.5 Å². The normalized spacial score (nSPS) is 10.0. The molecule has 0 heterocycles. The Morgan fingerprint density at radius 1 is 0.933 bits per heavy atom. The molecule has 0 bridgehead atoms. The summed E-state index contributed by atoms with van der Waals surface area (Å²) in [6.07, 6.45) is 0. The Kier molecular flexibility index (Phi) is 3.26. The lowest BCUT2D eigenvalue weighted by Crippen LogP contribution is -1.86. The maximum Gasteiger partial charge on any atom is 0.130 e. The number of para-hydroxylation sites is 1. The molecular formula is C13H11IO. The lowest BCUT2D eigenvalue weighted by molar-refractivity contribution is 0.479. The molecule has 0 saturated carbocycles. The van der Waals surface area contributed by atoms with Crippen molar-refractivity contribution in [1.29, 1.82) is 0 Å². The molecule has 0 N–H and O–H groups in total. The number of ether oxygens (including phenoxy) is 1. The van der Waals surface area contributed by atoms with E-state index in [2.05, 4.69) is 22.6 Å². The van der Waals surface area contributed by atoms with Crippen molar-refractivity contribution in [3.63, 3.8) is 0 Å². The molecule has 0 aliphatic heterocycles. The highest BCUT2D eigenvalue weighted by atomic mass is 127. The molecule has 15 heavy (non-hydrogen) atoms. The Labute approximate surface area is 103 Å². The van der Waals surface area contributed by atoms with Crippen LogP contribution >= 0.6 is 22.6 Å². The minimum atomic E-state index is 0.879. The van der Waals surface area contributed by atoms with E-state index in [4.69, 9.17) is 4.74 Å². The number of hydrogen-bond acceptors (Lipinski definition) is 1. The van der Waals surface area contributed by atoms with Crippen molar-refractivity contribution in [2.24, 2.45) is 0 Å². The third kappa shape index (κ3) is 2.72. The van der Waals surface area contributed by atoms with E-state index in [1.54, 1.807) is 0 Å². The highest BCUT2D eigenvalue weighted by molar-refractivity contribution is 14.1. The standard InChI is InChI=1S/C13H11IO/c1-10-4-2-3-5-13(10)15-12-8-6-11(14)7-9-12/h2-9H,1H3. The van der Waals surface area contributed by atoms with Gasteiger partial charge in [-0.3, -0.25) is 0 Å². The first kappa shape index (κ1) is 10.5. The minimum Gasteiger partial charge on any atom is -0.457 e. The zero-order chi connectivity index (χ0) is 10.7. The van der Waals surface area contributed by atoms with Crippen molar-refractivity contribution in [3.05, 3.63) is 57.7 Å². The minimum absolute atomic E-state index is 0.879. The van der Waals surface area contributed by atoms with Gasteiger partial charge in [0, 0.05) is 3.57 Å². The summed E-state index contributed by atoms with van der Waals surface area (Å²) in [5, 5.41) is 0. The first-order valence-electron chi connectivity index (χ1n) is 4.75. The predicted molar refractivity (Wildman–Crippen MR) is 70.4 cm³/mol. The van der Waals surface area contributed by atoms with Crippen LogP contribution in [0.15, 0.2) is 48.5 Å². The van der Waals surface area contributed by atoms with E-state index < -0.39 is 0 Å². The molecule has 0 atom stereocenters. The molecule has 0 aliphatic rings. The Balaban J connectivity index is 2.22. The van der Waals surface area contributed by atoms with Gasteiger partial charge in [0.25, 0.3) is 0 Å². The fourth-order valence-electron chi connectivity index (χ4n) is 1.30. The largest absolute Gasteiger partial charge is 0.457 e. The van der Waals surface area contributed by atoms with Crippen LogP contribution in [-0.2, 0) is 0 Å². The molecule has 1 nitrogen and oxygen atoms in total. The Morgan fingerprint density at radius 3 is 2.27 bits per heavy atom. The van der Waals surface area contributed by atoms with Gasteiger partial charge in [0.15, 0.2) is 0 Å². The number of halogens is 1. The fourth-order valence-corrected chi connectivity index (χ4v) is 1.66. The summed E-state index contributed by atoms with van der Waals surface area (Å²) < 4.78 is 6.97. The molecular weight excluding hydrogens is 299 g/mol. The van der Waals surface area contributed by atoms with Gasteiger partial charge in [-0.25, -0.2) is 0 Å². The van der Waals surface area contributed by atoms with E-state index in [0.717, 1.165) is 17.1 Å². The summed E-state index contributed by atoms with van der Waals surface area (Å²) in [5.74, 6) is 1.79. The third-order valence-electron chi connectivity index (χ3n) is 2.14. The quantitative estimate of drug-likeness (QED) is 0.748. The molecule has 76 valence electrons. The number of benzene rings is 2. The van der Waals surface area contributed by atoms with Gasteiger partial charge in [-0.2, -0.15) is 0 Å². The summed E-state index contributed by atoms with van der Waals surface area (Å²) in [6, 6.07) is 16.0. The van der Waals surface area contributed by atoms with Gasteiger partial charge in [-0.15, -0.1) is 0 Å². The van der Waals surface area contributed by atoms with Crippen LogP contribution in [0.4, 0.5) is 0 Å². The fraction of sp³-hybridized carbons (Fsp3) is 0.0769. The molecule has 2 heteroatoms. The van der Waals surface area contributed by atoms with Crippen LogP contribution in [-0.4, -0.2) is 0 Å². The summed E-state index contributed by atoms with van der Waals surface area (Å²) in [4.78, 5) is 0. The summed E-state index contributed by atoms with van der Waals surface area (Å²) in [6.45, 7) is 2.04. The maximum absolute atomic E-state index is 5.76. The topological polar surface area (TPSA) is 9.23 Å². The van der Waals surface area contributed by atoms with E-state index >= 15 is 0 Å². The second-order valence-corrected chi connectivity index (χ2v) is 4.57. The molecule has 0 saturated heterocycles. The zero-order valence-corrected chi connectivity index (χ0v) is 10.6. The van der Waals surface area contributed by atoms with Gasteiger partial charge in [0.2, 0.25) is 0 Å². The molecule has 0 fully saturated rings. The highest BCUT2D eigenvalue weighted by Gasteiger charge is 1.99. The zero-order valence-electron chi connectivity index (χ0n) is 8.41. The van der Waals surface area contributed by atoms with Crippen LogP contribution in [0.1, 0.15) is 5.56 Å². The summed E-state index contributed by atoms with van der Waals surface area (Å²) in [5.41, 5.74) is 1.15. The number of aryl methyl sites for hydroxylation is 1. The Morgan fingerprint density at radius 2 is 1.60 bits per heavy atom. The van der Waals surface area contributed by atoms with Crippen molar-refractivity contribution < 1.29 is 4.74 Å². The predicted octanol–water partition coefficient (Wildman–Crippen LogP) is 4.39. The molecule has 0 aliphatic carbocycles. The van der Waals surface area contributed by atoms with Gasteiger partial charge in [0.05, 0.1) is 0 Å². The van der Waals surface area contributed by atoms with Gasteiger partial charge in [-0.1, -0.05) is 18.2 Å². The Bertz CT molecular complexity index is 448. The average Bonchev–Trinajstić information content (AvgIpc) is 2.25. The molecule has 0 radical (unpaired) electrons. The molecule has 2 aromatic rings. The van der Waals surface area contributed by atoms with E-state index in [1.165, 1.54) is 3.57 Å². The smallest absolute Gasteiger partial charge is 0.130 e. The molecule has 2 aromatic carbocycles. The van der Waals surface area contributed by atoms with Gasteiger partial charge < -0.3 is 4.74 Å². The Hall–Kier alpha value is -1.03. The third-order valence-corrected chi connectivity index (χ3v) is 2.85. The SMILES string of the molecule is Cc1ccccc1Oc1ccc(I)cc1. The van der Waals surface area contributed by atoms with Crippen molar-refractivity contribution in [1.82, 2.24) is 0 Å². The molecule has 0 unspecified atom stereocenters. The first-order chi connectivity index (χ1) is 7.25. The second kappa shape index (κ2) is 4.66.